The Kier molecular flexibility index (Phi) is 9.84. The summed E-state index contributed by atoms with van der Waals surface area (Å²) in [6.45, 7) is 2.61. The zero-order valence-electron chi connectivity index (χ0n) is 19.4. The molecule has 0 bridgehead atoms. The van der Waals surface area contributed by atoms with Gasteiger partial charge in [0.15, 0.2) is 0 Å². The van der Waals surface area contributed by atoms with Gasteiger partial charge < -0.3 is 20.3 Å². The first-order chi connectivity index (χ1) is 16.1. The monoisotopic (exact) mass is 455 g/mol. The predicted molar refractivity (Wildman–Crippen MR) is 128 cm³/mol. The number of methoxy groups -OCH3 is 1. The van der Waals surface area contributed by atoms with E-state index in [4.69, 9.17) is 4.74 Å². The van der Waals surface area contributed by atoms with Crippen molar-refractivity contribution in [3.63, 3.8) is 0 Å². The van der Waals surface area contributed by atoms with Crippen molar-refractivity contribution in [2.45, 2.75) is 45.1 Å². The van der Waals surface area contributed by atoms with Gasteiger partial charge in [0.2, 0.25) is 0 Å². The van der Waals surface area contributed by atoms with E-state index in [-0.39, 0.29) is 24.2 Å². The van der Waals surface area contributed by atoms with Gasteiger partial charge in [-0.1, -0.05) is 31.4 Å². The van der Waals surface area contributed by atoms with Crippen LogP contribution in [-0.4, -0.2) is 45.2 Å². The second-order valence-corrected chi connectivity index (χ2v) is 8.40. The molecule has 0 atom stereocenters. The lowest BCUT2D eigenvalue weighted by Gasteiger charge is -2.26. The van der Waals surface area contributed by atoms with Crippen molar-refractivity contribution in [1.29, 1.82) is 0 Å². The number of hydrogen-bond acceptors (Lipinski definition) is 4. The summed E-state index contributed by atoms with van der Waals surface area (Å²) in [5.41, 5.74) is 3.27. The van der Waals surface area contributed by atoms with Crippen LogP contribution in [0.25, 0.3) is 0 Å². The standard InChI is InChI=1S/C26H34FN3O3/c1-33-19-25(31)30-16-6-4-2-3-5-14-28-18-22-17-21(9-12-24(22)30)26(32)29-15-13-20-7-10-23(27)11-8-20/h7-12,17,28H,2-6,13-16,18-19H2,1H3,(H,29,32). The van der Waals surface area contributed by atoms with Crippen molar-refractivity contribution in [2.24, 2.45) is 0 Å². The van der Waals surface area contributed by atoms with Gasteiger partial charge in [-0.15, -0.1) is 0 Å². The van der Waals surface area contributed by atoms with Crippen LogP contribution in [0.1, 0.15) is 53.6 Å². The summed E-state index contributed by atoms with van der Waals surface area (Å²) in [6, 6.07) is 11.8. The predicted octanol–water partition coefficient (Wildman–Crippen LogP) is 3.83. The minimum Gasteiger partial charge on any atom is -0.375 e. The molecule has 6 nitrogen and oxygen atoms in total. The molecule has 2 aromatic carbocycles. The topological polar surface area (TPSA) is 70.7 Å². The summed E-state index contributed by atoms with van der Waals surface area (Å²) < 4.78 is 18.2. The van der Waals surface area contributed by atoms with E-state index in [0.29, 0.717) is 31.6 Å². The molecule has 2 amide bonds. The Bertz CT molecular complexity index is 917. The summed E-state index contributed by atoms with van der Waals surface area (Å²) in [5, 5.41) is 6.39. The Balaban J connectivity index is 1.74. The van der Waals surface area contributed by atoms with Crippen LogP contribution in [0.3, 0.4) is 0 Å². The Morgan fingerprint density at radius 1 is 1.06 bits per heavy atom. The number of carbonyl (C=O) groups is 2. The summed E-state index contributed by atoms with van der Waals surface area (Å²) in [6.07, 6.45) is 6.10. The van der Waals surface area contributed by atoms with Crippen molar-refractivity contribution in [3.05, 3.63) is 65.0 Å². The molecule has 0 saturated carbocycles. The molecule has 0 fully saturated rings. The molecule has 2 N–H and O–H groups in total. The first kappa shape index (κ1) is 24.9. The van der Waals surface area contributed by atoms with Gasteiger partial charge in [0, 0.05) is 38.0 Å². The number of hydrogen-bond donors (Lipinski definition) is 2. The van der Waals surface area contributed by atoms with E-state index < -0.39 is 0 Å². The molecular formula is C26H34FN3O3. The van der Waals surface area contributed by atoms with E-state index in [1.54, 1.807) is 23.1 Å². The number of anilines is 1. The highest BCUT2D eigenvalue weighted by atomic mass is 19.1. The molecular weight excluding hydrogens is 421 g/mol. The summed E-state index contributed by atoms with van der Waals surface area (Å²) in [4.78, 5) is 27.3. The van der Waals surface area contributed by atoms with Crippen LogP contribution in [-0.2, 0) is 22.5 Å². The number of fused-ring (bicyclic) bond motifs is 1. The molecule has 3 rings (SSSR count). The van der Waals surface area contributed by atoms with Crippen LogP contribution >= 0.6 is 0 Å². The van der Waals surface area contributed by atoms with Gasteiger partial charge in [0.1, 0.15) is 12.4 Å². The van der Waals surface area contributed by atoms with E-state index in [1.807, 2.05) is 12.1 Å². The molecule has 0 aliphatic carbocycles. The Hall–Kier alpha value is -2.77. The molecule has 178 valence electrons. The van der Waals surface area contributed by atoms with E-state index in [9.17, 15) is 14.0 Å². The zero-order valence-corrected chi connectivity index (χ0v) is 19.4. The SMILES string of the molecule is COCC(=O)N1CCCCCCCNCc2cc(C(=O)NCCc3ccc(F)cc3)ccc21. The number of ether oxygens (including phenoxy) is 1. The van der Waals surface area contributed by atoms with Crippen LogP contribution < -0.4 is 15.5 Å². The Morgan fingerprint density at radius 2 is 1.82 bits per heavy atom. The lowest BCUT2D eigenvalue weighted by Crippen LogP contribution is -2.36. The lowest BCUT2D eigenvalue weighted by molar-refractivity contribution is -0.122. The number of amides is 2. The highest BCUT2D eigenvalue weighted by Crippen LogP contribution is 2.24. The van der Waals surface area contributed by atoms with Gasteiger partial charge in [-0.25, -0.2) is 4.39 Å². The average Bonchev–Trinajstić information content (AvgIpc) is 2.81. The maximum absolute atomic E-state index is 13.1. The fraction of sp³-hybridized carbons (Fsp3) is 0.462. The van der Waals surface area contributed by atoms with Gasteiger partial charge in [-0.3, -0.25) is 9.59 Å². The molecule has 0 aromatic heterocycles. The number of nitrogens with zero attached hydrogens (tertiary/aromatic N) is 1. The molecule has 1 aliphatic rings. The van der Waals surface area contributed by atoms with Crippen LogP contribution in [0.15, 0.2) is 42.5 Å². The molecule has 0 unspecified atom stereocenters. The maximum Gasteiger partial charge on any atom is 0.252 e. The van der Waals surface area contributed by atoms with Gasteiger partial charge in [0.05, 0.1) is 0 Å². The normalized spacial score (nSPS) is 15.2. The number of carbonyl (C=O) groups excluding carboxylic acids is 2. The van der Waals surface area contributed by atoms with E-state index in [0.717, 1.165) is 49.0 Å². The number of rotatable bonds is 6. The van der Waals surface area contributed by atoms with Crippen LogP contribution in [0.4, 0.5) is 10.1 Å². The fourth-order valence-corrected chi connectivity index (χ4v) is 4.06. The third-order valence-electron chi connectivity index (χ3n) is 5.86. The third kappa shape index (κ3) is 7.65. The molecule has 7 heteroatoms. The first-order valence-electron chi connectivity index (χ1n) is 11.7. The molecule has 0 spiro atoms. The van der Waals surface area contributed by atoms with Gasteiger partial charge in [0.25, 0.3) is 11.8 Å². The molecule has 33 heavy (non-hydrogen) atoms. The number of nitrogens with one attached hydrogen (secondary N) is 2. The van der Waals surface area contributed by atoms with E-state index in [1.165, 1.54) is 25.7 Å². The van der Waals surface area contributed by atoms with Crippen molar-refractivity contribution in [3.8, 4) is 0 Å². The van der Waals surface area contributed by atoms with Crippen molar-refractivity contribution >= 4 is 17.5 Å². The van der Waals surface area contributed by atoms with Crippen molar-refractivity contribution in [1.82, 2.24) is 10.6 Å². The third-order valence-corrected chi connectivity index (χ3v) is 5.86. The van der Waals surface area contributed by atoms with Gasteiger partial charge in [-0.05, 0) is 67.3 Å². The molecule has 0 radical (unpaired) electrons. The van der Waals surface area contributed by atoms with Crippen LogP contribution in [0, 0.1) is 5.82 Å². The summed E-state index contributed by atoms with van der Waals surface area (Å²) >= 11 is 0. The maximum atomic E-state index is 13.1. The van der Waals surface area contributed by atoms with Crippen molar-refractivity contribution in [2.75, 3.05) is 38.3 Å². The molecule has 1 aliphatic heterocycles. The Morgan fingerprint density at radius 3 is 2.61 bits per heavy atom. The molecule has 0 saturated heterocycles. The second-order valence-electron chi connectivity index (χ2n) is 8.40. The smallest absolute Gasteiger partial charge is 0.252 e. The fourth-order valence-electron chi connectivity index (χ4n) is 4.06. The highest BCUT2D eigenvalue weighted by molar-refractivity contribution is 5.98. The average molecular weight is 456 g/mol. The summed E-state index contributed by atoms with van der Waals surface area (Å²) in [5.74, 6) is -0.513. The first-order valence-corrected chi connectivity index (χ1v) is 11.7. The minimum absolute atomic E-state index is 0.0263. The van der Waals surface area contributed by atoms with Crippen molar-refractivity contribution < 1.29 is 18.7 Å². The van der Waals surface area contributed by atoms with Crippen LogP contribution in [0.2, 0.25) is 0 Å². The zero-order chi connectivity index (χ0) is 23.5. The minimum atomic E-state index is -0.270. The number of benzene rings is 2. The van der Waals surface area contributed by atoms with Crippen LogP contribution in [0.5, 0.6) is 0 Å². The summed E-state index contributed by atoms with van der Waals surface area (Å²) in [7, 11) is 1.52. The quantitative estimate of drug-likeness (QED) is 0.695. The molecule has 2 aromatic rings. The number of halogens is 1. The van der Waals surface area contributed by atoms with E-state index in [2.05, 4.69) is 10.6 Å². The van der Waals surface area contributed by atoms with E-state index >= 15 is 0 Å². The lowest BCUT2D eigenvalue weighted by atomic mass is 10.0. The second kappa shape index (κ2) is 13.1. The highest BCUT2D eigenvalue weighted by Gasteiger charge is 2.20. The van der Waals surface area contributed by atoms with Gasteiger partial charge >= 0.3 is 0 Å². The molecule has 1 heterocycles. The van der Waals surface area contributed by atoms with Gasteiger partial charge in [-0.2, -0.15) is 0 Å². The largest absolute Gasteiger partial charge is 0.375 e. The Labute approximate surface area is 195 Å².